The quantitative estimate of drug-likeness (QED) is 0.332. The zero-order valence-electron chi connectivity index (χ0n) is 17.6. The monoisotopic (exact) mass is 414 g/mol. The smallest absolute Gasteiger partial charge is 0.254 e. The van der Waals surface area contributed by atoms with Crippen molar-refractivity contribution in [3.05, 3.63) is 53.5 Å². The summed E-state index contributed by atoms with van der Waals surface area (Å²) in [4.78, 5) is 20.1. The normalized spacial score (nSPS) is 14.1. The lowest BCUT2D eigenvalue weighted by Crippen LogP contribution is -2.31. The third kappa shape index (κ3) is 5.92. The Hall–Kier alpha value is -3.16. The zero-order valence-corrected chi connectivity index (χ0v) is 17.6. The maximum atomic E-state index is 13.2. The molecule has 1 aliphatic carbocycles. The van der Waals surface area contributed by atoms with E-state index < -0.39 is 0 Å². The minimum absolute atomic E-state index is 0.0426. The average molecular weight is 415 g/mol. The molecule has 0 unspecified atom stereocenters. The van der Waals surface area contributed by atoms with Gasteiger partial charge in [0.15, 0.2) is 0 Å². The Bertz CT molecular complexity index is 871. The van der Waals surface area contributed by atoms with Gasteiger partial charge in [-0.1, -0.05) is 6.92 Å². The van der Waals surface area contributed by atoms with Crippen molar-refractivity contribution in [3.63, 3.8) is 0 Å². The predicted octanol–water partition coefficient (Wildman–Crippen LogP) is 3.00. The zero-order chi connectivity index (χ0) is 21.6. The van der Waals surface area contributed by atoms with Crippen LogP contribution in [0.1, 0.15) is 47.9 Å². The minimum atomic E-state index is -0.0975. The number of furan rings is 1. The van der Waals surface area contributed by atoms with Crippen LogP contribution in [0.3, 0.4) is 0 Å². The molecule has 1 saturated carbocycles. The first-order valence-electron chi connectivity index (χ1n) is 10.2. The average Bonchev–Trinajstić information content (AvgIpc) is 3.28. The van der Waals surface area contributed by atoms with Crippen LogP contribution >= 0.6 is 0 Å². The molecule has 4 N–H and O–H groups in total. The second-order valence-electron chi connectivity index (χ2n) is 7.92. The number of carbonyl (C=O) groups excluding carboxylic acids is 1. The molecule has 0 spiro atoms. The third-order valence-electron chi connectivity index (χ3n) is 5.05. The number of rotatable bonds is 11. The van der Waals surface area contributed by atoms with Gasteiger partial charge in [-0.25, -0.2) is 0 Å². The summed E-state index contributed by atoms with van der Waals surface area (Å²) >= 11 is 0. The Morgan fingerprint density at radius 3 is 2.70 bits per heavy atom. The van der Waals surface area contributed by atoms with Crippen LogP contribution in [0.4, 0.5) is 0 Å². The number of guanidine groups is 1. The van der Waals surface area contributed by atoms with Gasteiger partial charge in [0.2, 0.25) is 5.96 Å². The van der Waals surface area contributed by atoms with E-state index in [1.54, 1.807) is 17.2 Å². The number of nitrogens with two attached hydrogens (primary N) is 2. The first kappa shape index (κ1) is 21.5. The Morgan fingerprint density at radius 2 is 2.07 bits per heavy atom. The Labute approximate surface area is 176 Å². The van der Waals surface area contributed by atoms with Crippen molar-refractivity contribution in [3.8, 4) is 5.75 Å². The van der Waals surface area contributed by atoms with E-state index in [0.29, 0.717) is 37.6 Å². The van der Waals surface area contributed by atoms with Crippen molar-refractivity contribution in [1.82, 2.24) is 4.90 Å². The number of hydrogen-bond donors (Lipinski definition) is 2. The van der Waals surface area contributed by atoms with Crippen molar-refractivity contribution in [2.45, 2.75) is 39.7 Å². The molecule has 1 amide bonds. The van der Waals surface area contributed by atoms with Gasteiger partial charge in [-0.3, -0.25) is 4.79 Å². The lowest BCUT2D eigenvalue weighted by Gasteiger charge is -2.22. The van der Waals surface area contributed by atoms with Crippen LogP contribution in [0.15, 0.2) is 46.2 Å². The van der Waals surface area contributed by atoms with Crippen LogP contribution < -0.4 is 16.2 Å². The summed E-state index contributed by atoms with van der Waals surface area (Å²) in [6.07, 6.45) is 4.45. The second kappa shape index (κ2) is 9.56. The second-order valence-corrected chi connectivity index (χ2v) is 7.92. The van der Waals surface area contributed by atoms with E-state index in [0.717, 1.165) is 30.6 Å². The lowest BCUT2D eigenvalue weighted by molar-refractivity contribution is 0.0707. The van der Waals surface area contributed by atoms with Gasteiger partial charge in [-0.2, -0.15) is 0 Å². The maximum Gasteiger partial charge on any atom is 0.254 e. The highest BCUT2D eigenvalue weighted by Gasteiger charge is 2.45. The van der Waals surface area contributed by atoms with E-state index >= 15 is 0 Å². The van der Waals surface area contributed by atoms with Gasteiger partial charge < -0.3 is 30.4 Å². The highest BCUT2D eigenvalue weighted by Crippen LogP contribution is 2.46. The third-order valence-corrected chi connectivity index (χ3v) is 5.05. The van der Waals surface area contributed by atoms with E-state index in [-0.39, 0.29) is 17.3 Å². The molecule has 8 nitrogen and oxygen atoms in total. The Morgan fingerprint density at radius 1 is 1.27 bits per heavy atom. The summed E-state index contributed by atoms with van der Waals surface area (Å²) in [5.41, 5.74) is 12.1. The van der Waals surface area contributed by atoms with E-state index in [2.05, 4.69) is 5.16 Å². The maximum absolute atomic E-state index is 13.2. The number of nitrogens with zero attached hydrogens (tertiary/aromatic N) is 2. The summed E-state index contributed by atoms with van der Waals surface area (Å²) in [5, 5.41) is 3.58. The molecule has 1 heterocycles. The van der Waals surface area contributed by atoms with Crippen molar-refractivity contribution in [1.29, 1.82) is 0 Å². The summed E-state index contributed by atoms with van der Waals surface area (Å²) in [6, 6.07) is 9.32. The molecule has 1 aliphatic rings. The van der Waals surface area contributed by atoms with Gasteiger partial charge in [0, 0.05) is 17.5 Å². The summed E-state index contributed by atoms with van der Waals surface area (Å²) in [6.45, 7) is 5.97. The number of aryl methyl sites for hydroxylation is 1. The van der Waals surface area contributed by atoms with Crippen LogP contribution in [-0.4, -0.2) is 36.5 Å². The fourth-order valence-electron chi connectivity index (χ4n) is 3.24. The van der Waals surface area contributed by atoms with Gasteiger partial charge in [0.1, 0.15) is 18.1 Å². The summed E-state index contributed by atoms with van der Waals surface area (Å²) in [5.74, 6) is 1.29. The SMILES string of the molecule is CCCN(Cc1ccco1)C(=O)c1cc(C)cc(OCC2(CON=C(N)N)CC2)c1. The fraction of sp³-hybridized carbons (Fsp3) is 0.455. The fourth-order valence-corrected chi connectivity index (χ4v) is 3.24. The number of hydrogen-bond acceptors (Lipinski definition) is 5. The summed E-state index contributed by atoms with van der Waals surface area (Å²) < 4.78 is 11.4. The first-order chi connectivity index (χ1) is 14.4. The molecule has 8 heteroatoms. The molecule has 3 rings (SSSR count). The minimum Gasteiger partial charge on any atom is -0.493 e. The molecule has 162 valence electrons. The lowest BCUT2D eigenvalue weighted by atomic mass is 10.1. The number of ether oxygens (including phenoxy) is 1. The number of carbonyl (C=O) groups is 1. The molecular weight excluding hydrogens is 384 g/mol. The van der Waals surface area contributed by atoms with Crippen LogP contribution in [0.25, 0.3) is 0 Å². The highest BCUT2D eigenvalue weighted by molar-refractivity contribution is 5.94. The predicted molar refractivity (Wildman–Crippen MR) is 114 cm³/mol. The molecule has 1 fully saturated rings. The summed E-state index contributed by atoms with van der Waals surface area (Å²) in [7, 11) is 0. The van der Waals surface area contributed by atoms with Gasteiger partial charge in [-0.15, -0.1) is 0 Å². The Balaban J connectivity index is 1.66. The molecular formula is C22H30N4O4. The molecule has 0 aliphatic heterocycles. The molecule has 1 aromatic heterocycles. The van der Waals surface area contributed by atoms with E-state index in [1.807, 2.05) is 38.1 Å². The van der Waals surface area contributed by atoms with Crippen molar-refractivity contribution in [2.75, 3.05) is 19.8 Å². The van der Waals surface area contributed by atoms with Crippen molar-refractivity contribution >= 4 is 11.9 Å². The highest BCUT2D eigenvalue weighted by atomic mass is 16.6. The molecule has 0 atom stereocenters. The molecule has 0 saturated heterocycles. The molecule has 30 heavy (non-hydrogen) atoms. The van der Waals surface area contributed by atoms with E-state index in [9.17, 15) is 4.79 Å². The van der Waals surface area contributed by atoms with Crippen LogP contribution in [0.5, 0.6) is 5.75 Å². The largest absolute Gasteiger partial charge is 0.493 e. The Kier molecular flexibility index (Phi) is 6.87. The molecule has 0 radical (unpaired) electrons. The molecule has 0 bridgehead atoms. The van der Waals surface area contributed by atoms with Crippen LogP contribution in [-0.2, 0) is 11.4 Å². The number of benzene rings is 1. The number of amides is 1. The van der Waals surface area contributed by atoms with Gasteiger partial charge in [0.05, 0.1) is 19.4 Å². The van der Waals surface area contributed by atoms with Crippen molar-refractivity contribution < 1.29 is 18.8 Å². The standard InChI is InChI=1S/C22H30N4O4/c1-3-8-26(13-18-5-4-9-28-18)20(27)17-10-16(2)11-19(12-17)29-14-22(6-7-22)15-30-25-21(23)24/h4-5,9-12H,3,6-8,13-15H2,1-2H3,(H4,23,24,25). The van der Waals surface area contributed by atoms with Crippen LogP contribution in [0.2, 0.25) is 0 Å². The van der Waals surface area contributed by atoms with E-state index in [4.69, 9.17) is 25.5 Å². The van der Waals surface area contributed by atoms with Gasteiger partial charge >= 0.3 is 0 Å². The molecule has 1 aromatic carbocycles. The number of oxime groups is 1. The van der Waals surface area contributed by atoms with Gasteiger partial charge in [-0.05, 0) is 67.2 Å². The topological polar surface area (TPSA) is 116 Å². The van der Waals surface area contributed by atoms with E-state index in [1.165, 1.54) is 0 Å². The first-order valence-corrected chi connectivity index (χ1v) is 10.2. The molecule has 2 aromatic rings. The van der Waals surface area contributed by atoms with Crippen LogP contribution in [0, 0.1) is 12.3 Å². The van der Waals surface area contributed by atoms with Gasteiger partial charge in [0.25, 0.3) is 5.91 Å². The van der Waals surface area contributed by atoms with Crippen molar-refractivity contribution in [2.24, 2.45) is 22.0 Å².